The second kappa shape index (κ2) is 10.1. The average Bonchev–Trinajstić information content (AvgIpc) is 2.78. The number of ether oxygens (including phenoxy) is 2. The summed E-state index contributed by atoms with van der Waals surface area (Å²) in [6, 6.07) is 3.36. The lowest BCUT2D eigenvalue weighted by atomic mass is 10.3. The molecule has 0 saturated carbocycles. The summed E-state index contributed by atoms with van der Waals surface area (Å²) in [5, 5.41) is -0.113. The number of halogens is 5. The van der Waals surface area contributed by atoms with Crippen molar-refractivity contribution < 1.29 is 31.8 Å². The van der Waals surface area contributed by atoms with Crippen LogP contribution in [0.4, 0.5) is 17.6 Å². The van der Waals surface area contributed by atoms with E-state index >= 15 is 0 Å². The molecule has 0 saturated heterocycles. The molecule has 1 atom stereocenters. The third-order valence-corrected chi connectivity index (χ3v) is 5.85. The number of nitrogens with zero attached hydrogens (tertiary/aromatic N) is 4. The van der Waals surface area contributed by atoms with E-state index in [9.17, 15) is 31.9 Å². The highest BCUT2D eigenvalue weighted by Crippen LogP contribution is 2.35. The van der Waals surface area contributed by atoms with Crippen LogP contribution in [0.1, 0.15) is 12.6 Å². The molecule has 0 amide bonds. The third kappa shape index (κ3) is 5.65. The van der Waals surface area contributed by atoms with Crippen LogP contribution in [-0.4, -0.2) is 38.3 Å². The van der Waals surface area contributed by atoms with Crippen molar-refractivity contribution in [2.45, 2.75) is 29.3 Å². The summed E-state index contributed by atoms with van der Waals surface area (Å²) < 4.78 is 64.4. The zero-order valence-electron chi connectivity index (χ0n) is 18.1. The van der Waals surface area contributed by atoms with E-state index in [-0.39, 0.29) is 36.2 Å². The lowest BCUT2D eigenvalue weighted by Crippen LogP contribution is -2.41. The highest BCUT2D eigenvalue weighted by Gasteiger charge is 2.35. The minimum absolute atomic E-state index is 0.00619. The summed E-state index contributed by atoms with van der Waals surface area (Å²) in [6.45, 7) is 1.44. The maximum atomic E-state index is 14.7. The molecule has 0 aliphatic rings. The first kappa shape index (κ1) is 26.2. The van der Waals surface area contributed by atoms with Crippen molar-refractivity contribution in [2.75, 3.05) is 7.11 Å². The van der Waals surface area contributed by atoms with Crippen LogP contribution in [0.2, 0.25) is 5.02 Å². The molecule has 186 valence electrons. The quantitative estimate of drug-likeness (QED) is 0.270. The fourth-order valence-corrected chi connectivity index (χ4v) is 3.86. The van der Waals surface area contributed by atoms with Crippen molar-refractivity contribution in [1.29, 1.82) is 0 Å². The molecule has 9 nitrogen and oxygen atoms in total. The Bertz CT molecular complexity index is 1410. The molecule has 35 heavy (non-hydrogen) atoms. The highest BCUT2D eigenvalue weighted by molar-refractivity contribution is 7.99. The number of alkyl halides is 3. The molecule has 1 unspecified atom stereocenters. The first-order valence-corrected chi connectivity index (χ1v) is 10.7. The first-order valence-electron chi connectivity index (χ1n) is 9.48. The Labute approximate surface area is 203 Å². The van der Waals surface area contributed by atoms with Gasteiger partial charge in [0, 0.05) is 30.3 Å². The molecule has 0 aliphatic carbocycles. The average molecular weight is 535 g/mol. The van der Waals surface area contributed by atoms with Gasteiger partial charge < -0.3 is 9.47 Å². The summed E-state index contributed by atoms with van der Waals surface area (Å²) in [6.07, 6.45) is -4.64. The molecule has 3 aromatic rings. The van der Waals surface area contributed by atoms with Gasteiger partial charge >= 0.3 is 17.8 Å². The maximum absolute atomic E-state index is 14.7. The second-order valence-corrected chi connectivity index (χ2v) is 8.26. The number of carbonyl (C=O) groups is 1. The number of carbonyl (C=O) groups excluding carboxylic acids is 1. The molecule has 0 spiro atoms. The van der Waals surface area contributed by atoms with Gasteiger partial charge in [-0.3, -0.25) is 9.36 Å². The van der Waals surface area contributed by atoms with Gasteiger partial charge in [0.15, 0.2) is 11.3 Å². The van der Waals surface area contributed by atoms with E-state index in [1.807, 2.05) is 0 Å². The number of rotatable bonds is 6. The molecule has 3 rings (SSSR count). The zero-order chi connectivity index (χ0) is 26.1. The number of aromatic nitrogens is 4. The molecule has 2 heterocycles. The monoisotopic (exact) mass is 534 g/mol. The van der Waals surface area contributed by atoms with Gasteiger partial charge in [0.2, 0.25) is 5.88 Å². The summed E-state index contributed by atoms with van der Waals surface area (Å²) in [4.78, 5) is 44.6. The Balaban J connectivity index is 2.03. The largest absolute Gasteiger partial charge is 0.466 e. The van der Waals surface area contributed by atoms with Crippen LogP contribution < -0.4 is 16.0 Å². The van der Waals surface area contributed by atoms with E-state index in [4.69, 9.17) is 16.3 Å². The van der Waals surface area contributed by atoms with Crippen molar-refractivity contribution in [2.24, 2.45) is 7.05 Å². The van der Waals surface area contributed by atoms with Crippen LogP contribution in [0.25, 0.3) is 5.69 Å². The van der Waals surface area contributed by atoms with Crippen LogP contribution >= 0.6 is 23.4 Å². The lowest BCUT2D eigenvalue weighted by Gasteiger charge is -2.15. The smallest absolute Gasteiger partial charge is 0.431 e. The zero-order valence-corrected chi connectivity index (χ0v) is 19.7. The van der Waals surface area contributed by atoms with Gasteiger partial charge in [0.05, 0.1) is 17.8 Å². The number of esters is 1. The van der Waals surface area contributed by atoms with Crippen LogP contribution in [0.15, 0.2) is 50.1 Å². The van der Waals surface area contributed by atoms with Crippen LogP contribution in [0.5, 0.6) is 5.88 Å². The molecule has 2 aromatic heterocycles. The number of benzene rings is 1. The van der Waals surface area contributed by atoms with Gasteiger partial charge in [-0.1, -0.05) is 11.6 Å². The fraction of sp³-hybridized carbons (Fsp3) is 0.250. The second-order valence-electron chi connectivity index (χ2n) is 6.84. The molecule has 1 aromatic carbocycles. The van der Waals surface area contributed by atoms with E-state index in [0.717, 1.165) is 30.9 Å². The number of hydrogen-bond acceptors (Lipinski definition) is 8. The van der Waals surface area contributed by atoms with Gasteiger partial charge in [-0.25, -0.2) is 23.5 Å². The van der Waals surface area contributed by atoms with Gasteiger partial charge in [-0.15, -0.1) is 0 Å². The minimum Gasteiger partial charge on any atom is -0.466 e. The normalized spacial score (nSPS) is 12.3. The Morgan fingerprint density at radius 2 is 1.91 bits per heavy atom. The molecular formula is C20H15ClF4N4O5S. The SMILES string of the molecule is COC(=O)C(C)Oc1ccnc(Sc2cc(-n3c(=O)cc(C(F)(F)F)n(C)c3=O)c(F)cc2Cl)n1. The molecule has 0 bridgehead atoms. The van der Waals surface area contributed by atoms with Crippen LogP contribution in [0, 0.1) is 5.82 Å². The summed E-state index contributed by atoms with van der Waals surface area (Å²) >= 11 is 6.88. The third-order valence-electron chi connectivity index (χ3n) is 4.49. The lowest BCUT2D eigenvalue weighted by molar-refractivity contribution is -0.148. The summed E-state index contributed by atoms with van der Waals surface area (Å²) in [5.74, 6) is -1.76. The van der Waals surface area contributed by atoms with E-state index in [1.165, 1.54) is 26.3 Å². The highest BCUT2D eigenvalue weighted by atomic mass is 35.5. The fourth-order valence-electron chi connectivity index (χ4n) is 2.82. The Kier molecular flexibility index (Phi) is 7.55. The van der Waals surface area contributed by atoms with Crippen molar-refractivity contribution in [3.8, 4) is 11.6 Å². The van der Waals surface area contributed by atoms with Crippen LogP contribution in [-0.2, 0) is 22.8 Å². The topological polar surface area (TPSA) is 105 Å². The van der Waals surface area contributed by atoms with Crippen molar-refractivity contribution in [3.63, 3.8) is 0 Å². The van der Waals surface area contributed by atoms with Gasteiger partial charge in [-0.05, 0) is 30.8 Å². The maximum Gasteiger partial charge on any atom is 0.431 e. The molecule has 0 fully saturated rings. The van der Waals surface area contributed by atoms with E-state index < -0.39 is 46.7 Å². The summed E-state index contributed by atoms with van der Waals surface area (Å²) in [5.41, 5.74) is -4.91. The molecule has 0 radical (unpaired) electrons. The Morgan fingerprint density at radius 3 is 2.54 bits per heavy atom. The van der Waals surface area contributed by atoms with Crippen molar-refractivity contribution >= 4 is 29.3 Å². The molecule has 15 heteroatoms. The first-order chi connectivity index (χ1) is 16.3. The van der Waals surface area contributed by atoms with Crippen molar-refractivity contribution in [1.82, 2.24) is 19.1 Å². The van der Waals surface area contributed by atoms with Crippen LogP contribution in [0.3, 0.4) is 0 Å². The van der Waals surface area contributed by atoms with Gasteiger partial charge in [-0.2, -0.15) is 18.2 Å². The van der Waals surface area contributed by atoms with Gasteiger partial charge in [0.1, 0.15) is 11.5 Å². The molecule has 0 aliphatic heterocycles. The predicted octanol–water partition coefficient (Wildman–Crippen LogP) is 3.23. The van der Waals surface area contributed by atoms with Crippen molar-refractivity contribution in [3.05, 3.63) is 67.8 Å². The van der Waals surface area contributed by atoms with E-state index in [2.05, 4.69) is 14.7 Å². The van der Waals surface area contributed by atoms with Gasteiger partial charge in [0.25, 0.3) is 5.56 Å². The number of methoxy groups -OCH3 is 1. The molecule has 0 N–H and O–H groups in total. The standard InChI is InChI=1S/C20H15ClF4N4O5S/c1-9(17(31)33-3)34-15-4-5-26-18(27-15)35-13-7-12(11(22)6-10(13)21)29-16(30)8-14(20(23,24)25)28(2)19(29)32/h4-9H,1-3H3. The summed E-state index contributed by atoms with van der Waals surface area (Å²) in [7, 11) is 1.99. The number of hydrogen-bond donors (Lipinski definition) is 0. The Morgan fingerprint density at radius 1 is 1.23 bits per heavy atom. The Hall–Kier alpha value is -3.39. The van der Waals surface area contributed by atoms with E-state index in [0.29, 0.717) is 0 Å². The van der Waals surface area contributed by atoms with E-state index in [1.54, 1.807) is 0 Å². The molecular weight excluding hydrogens is 520 g/mol. The predicted molar refractivity (Wildman–Crippen MR) is 116 cm³/mol. The minimum atomic E-state index is -4.97.